The van der Waals surface area contributed by atoms with Gasteiger partial charge in [-0.15, -0.1) is 0 Å². The number of nitrogens with one attached hydrogen (secondary N) is 2. The van der Waals surface area contributed by atoms with Crippen molar-refractivity contribution in [3.8, 4) is 11.3 Å². The first-order valence-corrected chi connectivity index (χ1v) is 12.2. The maximum absolute atomic E-state index is 12.8. The summed E-state index contributed by atoms with van der Waals surface area (Å²) in [7, 11) is 0. The molecule has 1 aliphatic rings. The molecule has 1 aliphatic heterocycles. The van der Waals surface area contributed by atoms with Crippen molar-refractivity contribution >= 4 is 51.9 Å². The molecule has 3 heterocycles. The molecule has 0 saturated carbocycles. The van der Waals surface area contributed by atoms with Gasteiger partial charge < -0.3 is 10.2 Å². The number of halogens is 2. The van der Waals surface area contributed by atoms with Gasteiger partial charge in [-0.3, -0.25) is 9.89 Å². The van der Waals surface area contributed by atoms with Gasteiger partial charge in [-0.05, 0) is 67.4 Å². The standard InChI is InChI=1S/C25H23Cl2N5OS/c1-15-2-7-20(19(27)12-15)29-25(34)31-10-8-17(9-11-31)21-14-24(33)32-23(28-21)13-22(30-32)16-3-5-18(26)6-4-16/h2-7,12-14,17,30H,8-11H2,1H3,(H,29,34). The highest BCUT2D eigenvalue weighted by Crippen LogP contribution is 2.29. The highest BCUT2D eigenvalue weighted by atomic mass is 35.5. The molecule has 0 spiro atoms. The average molecular weight is 512 g/mol. The maximum Gasteiger partial charge on any atom is 0.272 e. The topological polar surface area (TPSA) is 65.4 Å². The Morgan fingerprint density at radius 3 is 2.53 bits per heavy atom. The van der Waals surface area contributed by atoms with Gasteiger partial charge in [-0.1, -0.05) is 41.4 Å². The molecule has 2 aromatic heterocycles. The minimum absolute atomic E-state index is 0.117. The monoisotopic (exact) mass is 511 g/mol. The summed E-state index contributed by atoms with van der Waals surface area (Å²) in [5, 5.41) is 8.38. The van der Waals surface area contributed by atoms with E-state index in [4.69, 9.17) is 40.4 Å². The highest BCUT2D eigenvalue weighted by Gasteiger charge is 2.24. The van der Waals surface area contributed by atoms with Crippen molar-refractivity contribution in [1.29, 1.82) is 0 Å². The molecule has 0 aliphatic carbocycles. The fraction of sp³-hybridized carbons (Fsp3) is 0.240. The van der Waals surface area contributed by atoms with E-state index in [0.29, 0.717) is 20.8 Å². The fourth-order valence-corrected chi connectivity index (χ4v) is 4.99. The molecule has 2 N–H and O–H groups in total. The van der Waals surface area contributed by atoms with Crippen LogP contribution in [0.25, 0.3) is 16.9 Å². The molecule has 6 nitrogen and oxygen atoms in total. The third-order valence-electron chi connectivity index (χ3n) is 6.19. The van der Waals surface area contributed by atoms with Gasteiger partial charge in [0.1, 0.15) is 0 Å². The largest absolute Gasteiger partial charge is 0.349 e. The second-order valence-corrected chi connectivity index (χ2v) is 9.79. The van der Waals surface area contributed by atoms with E-state index < -0.39 is 0 Å². The average Bonchev–Trinajstić information content (AvgIpc) is 3.26. The van der Waals surface area contributed by atoms with Crippen LogP contribution < -0.4 is 10.9 Å². The fourth-order valence-electron chi connectivity index (χ4n) is 4.29. The van der Waals surface area contributed by atoms with E-state index in [-0.39, 0.29) is 11.5 Å². The lowest BCUT2D eigenvalue weighted by atomic mass is 9.93. The quantitative estimate of drug-likeness (QED) is 0.336. The van der Waals surface area contributed by atoms with Crippen molar-refractivity contribution in [3.05, 3.63) is 86.3 Å². The van der Waals surface area contributed by atoms with E-state index in [1.54, 1.807) is 6.07 Å². The molecule has 1 fully saturated rings. The number of aromatic amines is 1. The van der Waals surface area contributed by atoms with Crippen LogP contribution in [0.2, 0.25) is 10.0 Å². The maximum atomic E-state index is 12.8. The molecular formula is C25H23Cl2N5OS. The van der Waals surface area contributed by atoms with Crippen LogP contribution in [-0.2, 0) is 0 Å². The van der Waals surface area contributed by atoms with Crippen molar-refractivity contribution in [3.63, 3.8) is 0 Å². The molecule has 0 bridgehead atoms. The number of aromatic nitrogens is 3. The van der Waals surface area contributed by atoms with Crippen LogP contribution in [0.3, 0.4) is 0 Å². The van der Waals surface area contributed by atoms with Crippen molar-refractivity contribution in [2.75, 3.05) is 18.4 Å². The van der Waals surface area contributed by atoms with E-state index in [1.807, 2.05) is 55.5 Å². The minimum Gasteiger partial charge on any atom is -0.349 e. The minimum atomic E-state index is -0.117. The summed E-state index contributed by atoms with van der Waals surface area (Å²) in [5.74, 6) is 0.202. The molecular weight excluding hydrogens is 489 g/mol. The Kier molecular flexibility index (Phi) is 6.34. The summed E-state index contributed by atoms with van der Waals surface area (Å²) in [6.45, 7) is 3.57. The van der Waals surface area contributed by atoms with Gasteiger partial charge in [-0.2, -0.15) is 0 Å². The van der Waals surface area contributed by atoms with Crippen LogP contribution >= 0.6 is 35.4 Å². The number of hydrogen-bond acceptors (Lipinski definition) is 3. The zero-order valence-electron chi connectivity index (χ0n) is 18.5. The van der Waals surface area contributed by atoms with Crippen LogP contribution in [0.1, 0.15) is 30.0 Å². The van der Waals surface area contributed by atoms with Crippen LogP contribution in [0.4, 0.5) is 5.69 Å². The molecule has 5 rings (SSSR count). The third kappa shape index (κ3) is 4.69. The zero-order chi connectivity index (χ0) is 23.8. The van der Waals surface area contributed by atoms with Crippen molar-refractivity contribution < 1.29 is 0 Å². The summed E-state index contributed by atoms with van der Waals surface area (Å²) in [6, 6.07) is 16.9. The van der Waals surface area contributed by atoms with E-state index >= 15 is 0 Å². The SMILES string of the molecule is Cc1ccc(NC(=S)N2CCC(c3cc(=O)n4[nH]c(-c5ccc(Cl)cc5)cc4n3)CC2)c(Cl)c1. The summed E-state index contributed by atoms with van der Waals surface area (Å²) in [4.78, 5) is 19.7. The predicted octanol–water partition coefficient (Wildman–Crippen LogP) is 5.88. The lowest BCUT2D eigenvalue weighted by Crippen LogP contribution is -2.40. The molecule has 1 saturated heterocycles. The molecule has 0 unspecified atom stereocenters. The lowest BCUT2D eigenvalue weighted by Gasteiger charge is -2.33. The Morgan fingerprint density at radius 1 is 1.09 bits per heavy atom. The third-order valence-corrected chi connectivity index (χ3v) is 7.12. The Balaban J connectivity index is 1.29. The van der Waals surface area contributed by atoms with E-state index in [2.05, 4.69) is 15.3 Å². The molecule has 174 valence electrons. The molecule has 0 radical (unpaired) electrons. The van der Waals surface area contributed by atoms with E-state index in [9.17, 15) is 4.79 Å². The number of rotatable bonds is 3. The molecule has 0 amide bonds. The molecule has 2 aromatic carbocycles. The van der Waals surface area contributed by atoms with Crippen LogP contribution in [0.5, 0.6) is 0 Å². The number of anilines is 1. The summed E-state index contributed by atoms with van der Waals surface area (Å²) in [6.07, 6.45) is 1.72. The van der Waals surface area contributed by atoms with Gasteiger partial charge in [-0.25, -0.2) is 9.50 Å². The van der Waals surface area contributed by atoms with Gasteiger partial charge in [0.05, 0.1) is 22.1 Å². The number of benzene rings is 2. The van der Waals surface area contributed by atoms with Crippen molar-refractivity contribution in [2.24, 2.45) is 0 Å². The zero-order valence-corrected chi connectivity index (χ0v) is 20.8. The smallest absolute Gasteiger partial charge is 0.272 e. The first-order chi connectivity index (χ1) is 16.4. The second-order valence-electron chi connectivity index (χ2n) is 8.56. The number of aryl methyl sites for hydroxylation is 1. The number of fused-ring (bicyclic) bond motifs is 1. The second kappa shape index (κ2) is 9.41. The van der Waals surface area contributed by atoms with Crippen molar-refractivity contribution in [2.45, 2.75) is 25.7 Å². The van der Waals surface area contributed by atoms with E-state index in [1.165, 1.54) is 4.52 Å². The molecule has 9 heteroatoms. The van der Waals surface area contributed by atoms with Gasteiger partial charge >= 0.3 is 0 Å². The van der Waals surface area contributed by atoms with Crippen LogP contribution in [0, 0.1) is 6.92 Å². The molecule has 4 aromatic rings. The van der Waals surface area contributed by atoms with Gasteiger partial charge in [0.2, 0.25) is 0 Å². The Bertz CT molecular complexity index is 1420. The first-order valence-electron chi connectivity index (χ1n) is 11.1. The number of piperidine rings is 1. The predicted molar refractivity (Wildman–Crippen MR) is 142 cm³/mol. The normalized spacial score (nSPS) is 14.5. The summed E-state index contributed by atoms with van der Waals surface area (Å²) in [5.41, 5.74) is 4.99. The van der Waals surface area contributed by atoms with Crippen molar-refractivity contribution in [1.82, 2.24) is 19.5 Å². The summed E-state index contributed by atoms with van der Waals surface area (Å²) >= 11 is 18.0. The van der Waals surface area contributed by atoms with Gasteiger partial charge in [0.15, 0.2) is 10.8 Å². The van der Waals surface area contributed by atoms with E-state index in [0.717, 1.165) is 54.1 Å². The number of hydrogen-bond donors (Lipinski definition) is 2. The summed E-state index contributed by atoms with van der Waals surface area (Å²) < 4.78 is 1.48. The first kappa shape index (κ1) is 22.9. The van der Waals surface area contributed by atoms with Crippen LogP contribution in [-0.4, -0.2) is 37.7 Å². The van der Waals surface area contributed by atoms with Crippen LogP contribution in [0.15, 0.2) is 59.4 Å². The lowest BCUT2D eigenvalue weighted by molar-refractivity contribution is 0.314. The number of likely N-dealkylation sites (tertiary alicyclic amines) is 1. The number of thiocarbonyl (C=S) groups is 1. The highest BCUT2D eigenvalue weighted by molar-refractivity contribution is 7.80. The Labute approximate surface area is 212 Å². The van der Waals surface area contributed by atoms with Gasteiger partial charge in [0.25, 0.3) is 5.56 Å². The molecule has 34 heavy (non-hydrogen) atoms. The number of nitrogens with zero attached hydrogens (tertiary/aromatic N) is 3. The number of H-pyrrole nitrogens is 1. The molecule has 0 atom stereocenters. The Hall–Kier alpha value is -2.87. The van der Waals surface area contributed by atoms with Gasteiger partial charge in [0, 0.05) is 36.2 Å². The Morgan fingerprint density at radius 2 is 1.82 bits per heavy atom.